The molecule has 0 spiro atoms. The van der Waals surface area contributed by atoms with Gasteiger partial charge in [0.15, 0.2) is 11.0 Å². The fourth-order valence-electron chi connectivity index (χ4n) is 2.33. The van der Waals surface area contributed by atoms with Crippen molar-refractivity contribution in [2.45, 2.75) is 18.2 Å². The third kappa shape index (κ3) is 4.93. The van der Waals surface area contributed by atoms with Gasteiger partial charge in [0.25, 0.3) is 0 Å². The van der Waals surface area contributed by atoms with Crippen LogP contribution in [-0.4, -0.2) is 27.6 Å². The van der Waals surface area contributed by atoms with Gasteiger partial charge in [-0.05, 0) is 48.4 Å². The minimum absolute atomic E-state index is 0.365. The molecule has 1 aromatic heterocycles. The van der Waals surface area contributed by atoms with Crippen LogP contribution in [-0.2, 0) is 20.1 Å². The van der Waals surface area contributed by atoms with E-state index in [-0.39, 0.29) is 0 Å². The van der Waals surface area contributed by atoms with Crippen LogP contribution in [0.4, 0.5) is 0 Å². The summed E-state index contributed by atoms with van der Waals surface area (Å²) >= 11 is 7.56. The molecule has 3 aromatic rings. The first kappa shape index (κ1) is 18.6. The van der Waals surface area contributed by atoms with Crippen molar-refractivity contribution in [3.63, 3.8) is 0 Å². The fourth-order valence-corrected chi connectivity index (χ4v) is 3.37. The second-order valence-electron chi connectivity index (χ2n) is 5.65. The molecule has 0 aliphatic carbocycles. The first-order chi connectivity index (χ1) is 12.7. The quantitative estimate of drug-likeness (QED) is 0.535. The molecule has 3 rings (SSSR count). The Labute approximate surface area is 162 Å². The third-order valence-corrected chi connectivity index (χ3v) is 5.16. The minimum Gasteiger partial charge on any atom is -0.497 e. The van der Waals surface area contributed by atoms with Gasteiger partial charge in [-0.15, -0.1) is 10.2 Å². The van der Waals surface area contributed by atoms with Crippen LogP contribution < -0.4 is 9.47 Å². The molecule has 0 saturated carbocycles. The zero-order valence-corrected chi connectivity index (χ0v) is 16.3. The van der Waals surface area contributed by atoms with E-state index in [2.05, 4.69) is 22.3 Å². The molecule has 26 heavy (non-hydrogen) atoms. The minimum atomic E-state index is 0.365. The summed E-state index contributed by atoms with van der Waals surface area (Å²) in [5, 5.41) is 10.0. The second-order valence-corrected chi connectivity index (χ2v) is 7.15. The summed E-state index contributed by atoms with van der Waals surface area (Å²) < 4.78 is 12.9. The van der Waals surface area contributed by atoms with E-state index in [1.807, 2.05) is 35.9 Å². The Kier molecular flexibility index (Phi) is 6.41. The van der Waals surface area contributed by atoms with Gasteiger partial charge in [0.1, 0.15) is 18.1 Å². The van der Waals surface area contributed by atoms with Crippen LogP contribution in [0.2, 0.25) is 5.02 Å². The van der Waals surface area contributed by atoms with Gasteiger partial charge < -0.3 is 14.0 Å². The topological polar surface area (TPSA) is 49.2 Å². The largest absolute Gasteiger partial charge is 0.497 e. The van der Waals surface area contributed by atoms with Gasteiger partial charge in [-0.25, -0.2) is 0 Å². The van der Waals surface area contributed by atoms with E-state index in [0.717, 1.165) is 34.7 Å². The number of halogens is 1. The molecule has 2 aromatic carbocycles. The summed E-state index contributed by atoms with van der Waals surface area (Å²) in [5.74, 6) is 3.34. The number of aromatic nitrogens is 3. The van der Waals surface area contributed by atoms with Gasteiger partial charge in [-0.1, -0.05) is 35.5 Å². The molecular formula is C19H20ClN3O2S. The average molecular weight is 390 g/mol. The maximum absolute atomic E-state index is 5.87. The predicted octanol–water partition coefficient (Wildman–Crippen LogP) is 4.39. The zero-order valence-electron chi connectivity index (χ0n) is 14.7. The molecule has 0 bridgehead atoms. The highest BCUT2D eigenvalue weighted by Crippen LogP contribution is 2.20. The number of nitrogens with zero attached hydrogens (tertiary/aromatic N) is 3. The van der Waals surface area contributed by atoms with Crippen LogP contribution in [0.3, 0.4) is 0 Å². The molecule has 5 nitrogen and oxygen atoms in total. The highest BCUT2D eigenvalue weighted by Gasteiger charge is 2.10. The highest BCUT2D eigenvalue weighted by atomic mass is 35.5. The molecule has 0 fully saturated rings. The Morgan fingerprint density at radius 2 is 1.69 bits per heavy atom. The Morgan fingerprint density at radius 3 is 2.38 bits per heavy atom. The lowest BCUT2D eigenvalue weighted by Crippen LogP contribution is -2.04. The van der Waals surface area contributed by atoms with Gasteiger partial charge in [0, 0.05) is 17.8 Å². The lowest BCUT2D eigenvalue weighted by Gasteiger charge is -2.07. The third-order valence-electron chi connectivity index (χ3n) is 3.89. The number of hydrogen-bond acceptors (Lipinski definition) is 5. The van der Waals surface area contributed by atoms with Gasteiger partial charge in [-0.2, -0.15) is 0 Å². The normalized spacial score (nSPS) is 10.7. The first-order valence-electron chi connectivity index (χ1n) is 8.18. The van der Waals surface area contributed by atoms with Crippen molar-refractivity contribution in [2.75, 3.05) is 12.9 Å². The molecule has 1 heterocycles. The van der Waals surface area contributed by atoms with E-state index in [1.165, 1.54) is 5.56 Å². The van der Waals surface area contributed by atoms with Gasteiger partial charge >= 0.3 is 0 Å². The van der Waals surface area contributed by atoms with Gasteiger partial charge in [-0.3, -0.25) is 0 Å². The van der Waals surface area contributed by atoms with E-state index in [4.69, 9.17) is 21.1 Å². The lowest BCUT2D eigenvalue weighted by atomic mass is 10.2. The molecule has 136 valence electrons. The summed E-state index contributed by atoms with van der Waals surface area (Å²) in [6.45, 7) is 0.365. The number of benzene rings is 2. The van der Waals surface area contributed by atoms with E-state index in [9.17, 15) is 0 Å². The number of rotatable bonds is 8. The molecule has 7 heteroatoms. The Balaban J connectivity index is 1.50. The van der Waals surface area contributed by atoms with Crippen LogP contribution >= 0.6 is 23.4 Å². The van der Waals surface area contributed by atoms with Crippen molar-refractivity contribution in [1.29, 1.82) is 0 Å². The molecule has 0 aliphatic heterocycles. The van der Waals surface area contributed by atoms with Crippen LogP contribution in [0.1, 0.15) is 11.4 Å². The molecule has 0 radical (unpaired) electrons. The highest BCUT2D eigenvalue weighted by molar-refractivity contribution is 7.99. The number of hydrogen-bond donors (Lipinski definition) is 0. The van der Waals surface area contributed by atoms with E-state index in [1.54, 1.807) is 31.0 Å². The maximum atomic E-state index is 5.87. The van der Waals surface area contributed by atoms with Crippen LogP contribution in [0.15, 0.2) is 53.7 Å². The number of methoxy groups -OCH3 is 1. The second kappa shape index (κ2) is 8.96. The SMILES string of the molecule is COc1ccc(CCSc2nnc(COc3ccc(Cl)cc3)n2C)cc1. The van der Waals surface area contributed by atoms with Crippen molar-refractivity contribution in [1.82, 2.24) is 14.8 Å². The predicted molar refractivity (Wildman–Crippen MR) is 104 cm³/mol. The molecule has 0 unspecified atom stereocenters. The van der Waals surface area contributed by atoms with Crippen molar-refractivity contribution >= 4 is 23.4 Å². The van der Waals surface area contributed by atoms with Crippen LogP contribution in [0.5, 0.6) is 11.5 Å². The Hall–Kier alpha value is -2.18. The molecule has 0 amide bonds. The summed E-state index contributed by atoms with van der Waals surface area (Å²) in [5.41, 5.74) is 1.27. The summed E-state index contributed by atoms with van der Waals surface area (Å²) in [7, 11) is 3.63. The van der Waals surface area contributed by atoms with Crippen molar-refractivity contribution in [2.24, 2.45) is 7.05 Å². The summed E-state index contributed by atoms with van der Waals surface area (Å²) in [6, 6.07) is 15.4. The standard InChI is InChI=1S/C19H20ClN3O2S/c1-23-18(13-25-17-9-5-15(20)6-10-17)21-22-19(23)26-12-11-14-3-7-16(24-2)8-4-14/h3-10H,11-13H2,1-2H3. The number of thioether (sulfide) groups is 1. The van der Waals surface area contributed by atoms with Crippen molar-refractivity contribution in [3.05, 3.63) is 64.9 Å². The molecule has 0 N–H and O–H groups in total. The van der Waals surface area contributed by atoms with Crippen LogP contribution in [0.25, 0.3) is 0 Å². The van der Waals surface area contributed by atoms with E-state index < -0.39 is 0 Å². The monoisotopic (exact) mass is 389 g/mol. The Bertz CT molecular complexity index is 835. The molecule has 0 atom stereocenters. The summed E-state index contributed by atoms with van der Waals surface area (Å²) in [6.07, 6.45) is 0.956. The molecular weight excluding hydrogens is 370 g/mol. The van der Waals surface area contributed by atoms with Crippen molar-refractivity contribution in [3.8, 4) is 11.5 Å². The number of aryl methyl sites for hydroxylation is 1. The zero-order chi connectivity index (χ0) is 18.4. The van der Waals surface area contributed by atoms with E-state index in [0.29, 0.717) is 11.6 Å². The smallest absolute Gasteiger partial charge is 0.191 e. The van der Waals surface area contributed by atoms with Gasteiger partial charge in [0.05, 0.1) is 7.11 Å². The molecule has 0 aliphatic rings. The average Bonchev–Trinajstić information content (AvgIpc) is 3.02. The Morgan fingerprint density at radius 1 is 1.00 bits per heavy atom. The lowest BCUT2D eigenvalue weighted by molar-refractivity contribution is 0.290. The summed E-state index contributed by atoms with van der Waals surface area (Å²) in [4.78, 5) is 0. The van der Waals surface area contributed by atoms with Crippen molar-refractivity contribution < 1.29 is 9.47 Å². The van der Waals surface area contributed by atoms with Crippen LogP contribution in [0, 0.1) is 0 Å². The first-order valence-corrected chi connectivity index (χ1v) is 9.54. The van der Waals surface area contributed by atoms with Gasteiger partial charge in [0.2, 0.25) is 0 Å². The molecule has 0 saturated heterocycles. The fraction of sp³-hybridized carbons (Fsp3) is 0.263. The van der Waals surface area contributed by atoms with E-state index >= 15 is 0 Å². The number of ether oxygens (including phenoxy) is 2. The maximum Gasteiger partial charge on any atom is 0.191 e.